The monoisotopic (exact) mass is 135 g/mol. The molecule has 0 saturated carbocycles. The Morgan fingerprint density at radius 2 is 2.30 bits per heavy atom. The molecule has 0 heterocycles. The molecule has 0 atom stereocenters. The molecular weight excluding hydrogens is 122 g/mol. The van der Waals surface area contributed by atoms with Crippen LogP contribution >= 0.6 is 0 Å². The van der Waals surface area contributed by atoms with E-state index in [1.165, 1.54) is 0 Å². The van der Waals surface area contributed by atoms with E-state index in [1.54, 1.807) is 7.05 Å². The summed E-state index contributed by atoms with van der Waals surface area (Å²) in [5.74, 6) is 5.68. The van der Waals surface area contributed by atoms with E-state index in [0.717, 1.165) is 12.1 Å². The van der Waals surface area contributed by atoms with Crippen molar-refractivity contribution in [3.05, 3.63) is 12.2 Å². The second kappa shape index (κ2) is 6.10. The van der Waals surface area contributed by atoms with Gasteiger partial charge in [0.2, 0.25) is 0 Å². The normalized spacial score (nSPS) is 11.3. The van der Waals surface area contributed by atoms with Gasteiger partial charge in [-0.1, -0.05) is 18.9 Å². The van der Waals surface area contributed by atoms with Crippen LogP contribution in [-0.2, 0) is 0 Å². The highest BCUT2D eigenvalue weighted by atomic mass is 14.7. The zero-order valence-corrected chi connectivity index (χ0v) is 6.81. The van der Waals surface area contributed by atoms with E-state index in [1.807, 2.05) is 19.1 Å². The molecular formula is C9H13N. The van der Waals surface area contributed by atoms with Gasteiger partial charge in [0.25, 0.3) is 0 Å². The van der Waals surface area contributed by atoms with Gasteiger partial charge < -0.3 is 0 Å². The number of hydrogen-bond acceptors (Lipinski definition) is 1. The van der Waals surface area contributed by atoms with Crippen molar-refractivity contribution in [3.8, 4) is 11.8 Å². The van der Waals surface area contributed by atoms with E-state index in [-0.39, 0.29) is 0 Å². The third-order valence-corrected chi connectivity index (χ3v) is 1.01. The van der Waals surface area contributed by atoms with Crippen LogP contribution in [0.5, 0.6) is 0 Å². The minimum Gasteiger partial charge on any atom is -0.280 e. The van der Waals surface area contributed by atoms with Gasteiger partial charge in [-0.15, -0.1) is 0 Å². The first kappa shape index (κ1) is 8.97. The fraction of sp³-hybridized carbons (Fsp3) is 0.444. The Balaban J connectivity index is 4.07. The lowest BCUT2D eigenvalue weighted by molar-refractivity contribution is 1.23. The topological polar surface area (TPSA) is 12.4 Å². The van der Waals surface area contributed by atoms with Crippen LogP contribution in [0.1, 0.15) is 20.3 Å². The van der Waals surface area contributed by atoms with Gasteiger partial charge in [0.1, 0.15) is 5.71 Å². The lowest BCUT2D eigenvalue weighted by atomic mass is 10.3. The molecule has 0 unspecified atom stereocenters. The molecule has 0 radical (unpaired) electrons. The summed E-state index contributed by atoms with van der Waals surface area (Å²) in [5.41, 5.74) is 0.851. The average Bonchev–Trinajstić information content (AvgIpc) is 1.98. The Morgan fingerprint density at radius 1 is 1.60 bits per heavy atom. The molecule has 0 bridgehead atoms. The van der Waals surface area contributed by atoms with E-state index in [4.69, 9.17) is 0 Å². The summed E-state index contributed by atoms with van der Waals surface area (Å²) < 4.78 is 0. The second-order valence-corrected chi connectivity index (χ2v) is 1.79. The van der Waals surface area contributed by atoms with Crippen LogP contribution in [0.2, 0.25) is 0 Å². The molecule has 0 amide bonds. The third-order valence-electron chi connectivity index (χ3n) is 1.01. The van der Waals surface area contributed by atoms with Crippen LogP contribution in [0, 0.1) is 11.8 Å². The van der Waals surface area contributed by atoms with Gasteiger partial charge in [-0.3, -0.25) is 4.99 Å². The summed E-state index contributed by atoms with van der Waals surface area (Å²) in [4.78, 5) is 3.97. The molecule has 0 spiro atoms. The van der Waals surface area contributed by atoms with E-state index in [0.29, 0.717) is 0 Å². The van der Waals surface area contributed by atoms with E-state index in [2.05, 4.69) is 23.8 Å². The smallest absolute Gasteiger partial charge is 0.106 e. The standard InChI is InChI=1S/C9H13N/c1-4-6-8-9(10-3)7-5-2/h6,8H,4H2,1-3H3/b8-6-,10-9?. The number of hydrogen-bond donors (Lipinski definition) is 0. The quantitative estimate of drug-likeness (QED) is 0.406. The van der Waals surface area contributed by atoms with Gasteiger partial charge in [-0.2, -0.15) is 0 Å². The van der Waals surface area contributed by atoms with Crippen molar-refractivity contribution >= 4 is 5.71 Å². The van der Waals surface area contributed by atoms with Crippen LogP contribution < -0.4 is 0 Å². The van der Waals surface area contributed by atoms with E-state index >= 15 is 0 Å². The highest BCUT2D eigenvalue weighted by Gasteiger charge is 1.80. The first-order valence-corrected chi connectivity index (χ1v) is 3.41. The van der Waals surface area contributed by atoms with Crippen molar-refractivity contribution in [2.75, 3.05) is 7.05 Å². The van der Waals surface area contributed by atoms with Gasteiger partial charge in [-0.25, -0.2) is 0 Å². The molecule has 0 saturated heterocycles. The predicted octanol–water partition coefficient (Wildman–Crippen LogP) is 2.05. The zero-order chi connectivity index (χ0) is 7.82. The summed E-state index contributed by atoms with van der Waals surface area (Å²) in [6.45, 7) is 3.90. The van der Waals surface area contributed by atoms with Crippen molar-refractivity contribution in [1.29, 1.82) is 0 Å². The Morgan fingerprint density at radius 3 is 2.70 bits per heavy atom. The zero-order valence-electron chi connectivity index (χ0n) is 6.81. The molecule has 0 fully saturated rings. The van der Waals surface area contributed by atoms with Crippen LogP contribution in [0.25, 0.3) is 0 Å². The maximum Gasteiger partial charge on any atom is 0.106 e. The Bertz CT molecular complexity index is 189. The number of nitrogens with zero attached hydrogens (tertiary/aromatic N) is 1. The molecule has 0 aliphatic carbocycles. The maximum atomic E-state index is 3.97. The van der Waals surface area contributed by atoms with Crippen LogP contribution in [0.15, 0.2) is 17.1 Å². The van der Waals surface area contributed by atoms with Crippen LogP contribution in [0.4, 0.5) is 0 Å². The largest absolute Gasteiger partial charge is 0.280 e. The summed E-state index contributed by atoms with van der Waals surface area (Å²) in [5, 5.41) is 0. The lowest BCUT2D eigenvalue weighted by Crippen LogP contribution is -1.86. The highest BCUT2D eigenvalue weighted by molar-refractivity contribution is 6.08. The molecule has 0 aromatic rings. The molecule has 0 aromatic carbocycles. The minimum atomic E-state index is 0.851. The molecule has 0 aliphatic rings. The van der Waals surface area contributed by atoms with Gasteiger partial charge in [0.15, 0.2) is 0 Å². The van der Waals surface area contributed by atoms with Crippen molar-refractivity contribution in [2.45, 2.75) is 20.3 Å². The molecule has 0 N–H and O–H groups in total. The molecule has 0 aliphatic heterocycles. The average molecular weight is 135 g/mol. The fourth-order valence-corrected chi connectivity index (χ4v) is 0.530. The highest BCUT2D eigenvalue weighted by Crippen LogP contribution is 1.83. The van der Waals surface area contributed by atoms with Gasteiger partial charge in [-0.05, 0) is 25.3 Å². The summed E-state index contributed by atoms with van der Waals surface area (Å²) in [7, 11) is 1.75. The van der Waals surface area contributed by atoms with Crippen molar-refractivity contribution < 1.29 is 0 Å². The van der Waals surface area contributed by atoms with E-state index in [9.17, 15) is 0 Å². The first-order chi connectivity index (χ1) is 4.85. The van der Waals surface area contributed by atoms with Gasteiger partial charge in [0, 0.05) is 7.05 Å². The second-order valence-electron chi connectivity index (χ2n) is 1.79. The minimum absolute atomic E-state index is 0.851. The van der Waals surface area contributed by atoms with Crippen LogP contribution in [-0.4, -0.2) is 12.8 Å². The van der Waals surface area contributed by atoms with E-state index < -0.39 is 0 Å². The molecule has 10 heavy (non-hydrogen) atoms. The molecule has 54 valence electrons. The maximum absolute atomic E-state index is 3.97. The fourth-order valence-electron chi connectivity index (χ4n) is 0.530. The summed E-state index contributed by atoms with van der Waals surface area (Å²) in [6.07, 6.45) is 5.02. The SMILES string of the molecule is CC#CC(/C=C\CC)=NC. The Hall–Kier alpha value is -1.03. The predicted molar refractivity (Wildman–Crippen MR) is 46.2 cm³/mol. The summed E-state index contributed by atoms with van der Waals surface area (Å²) >= 11 is 0. The molecule has 0 aromatic heterocycles. The summed E-state index contributed by atoms with van der Waals surface area (Å²) in [6, 6.07) is 0. The van der Waals surface area contributed by atoms with Gasteiger partial charge >= 0.3 is 0 Å². The molecule has 0 rings (SSSR count). The number of allylic oxidation sites excluding steroid dienone is 2. The number of rotatable bonds is 2. The number of aliphatic imine (C=N–C) groups is 1. The van der Waals surface area contributed by atoms with Gasteiger partial charge in [0.05, 0.1) is 0 Å². The van der Waals surface area contributed by atoms with Crippen molar-refractivity contribution in [1.82, 2.24) is 0 Å². The Kier molecular flexibility index (Phi) is 5.47. The van der Waals surface area contributed by atoms with Crippen molar-refractivity contribution in [3.63, 3.8) is 0 Å². The van der Waals surface area contributed by atoms with Crippen molar-refractivity contribution in [2.24, 2.45) is 4.99 Å². The molecule has 1 heteroatoms. The Labute approximate surface area is 62.9 Å². The first-order valence-electron chi connectivity index (χ1n) is 3.41. The molecule has 1 nitrogen and oxygen atoms in total. The van der Waals surface area contributed by atoms with Crippen LogP contribution in [0.3, 0.4) is 0 Å². The third kappa shape index (κ3) is 3.91. The lowest BCUT2D eigenvalue weighted by Gasteiger charge is -1.83.